The number of hydrogen-bond acceptors (Lipinski definition) is 2. The summed E-state index contributed by atoms with van der Waals surface area (Å²) >= 11 is 0. The lowest BCUT2D eigenvalue weighted by Gasteiger charge is -2.37. The smallest absolute Gasteiger partial charge is 0.240 e. The van der Waals surface area contributed by atoms with Crippen LogP contribution in [0.5, 0.6) is 0 Å². The van der Waals surface area contributed by atoms with Crippen LogP contribution in [0.15, 0.2) is 24.3 Å². The summed E-state index contributed by atoms with van der Waals surface area (Å²) in [6.45, 7) is 3.11. The number of hydrogen-bond donors (Lipinski definition) is 1. The van der Waals surface area contributed by atoms with Gasteiger partial charge in [0.2, 0.25) is 5.91 Å². The highest BCUT2D eigenvalue weighted by atomic mass is 16.2. The van der Waals surface area contributed by atoms with E-state index in [0.717, 1.165) is 31.7 Å². The lowest BCUT2D eigenvalue weighted by atomic mass is 9.86. The maximum Gasteiger partial charge on any atom is 0.240 e. The summed E-state index contributed by atoms with van der Waals surface area (Å²) in [6.07, 6.45) is 5.71. The molecule has 1 N–H and O–H groups in total. The van der Waals surface area contributed by atoms with Crippen molar-refractivity contribution in [1.29, 1.82) is 0 Å². The zero-order valence-electron chi connectivity index (χ0n) is 13.1. The van der Waals surface area contributed by atoms with Crippen LogP contribution in [0.3, 0.4) is 0 Å². The molecule has 1 aromatic rings. The van der Waals surface area contributed by atoms with Crippen molar-refractivity contribution in [3.8, 4) is 0 Å². The first kappa shape index (κ1) is 14.6. The fourth-order valence-corrected chi connectivity index (χ4v) is 3.81. The molecule has 1 heterocycles. The minimum absolute atomic E-state index is 0.0536. The Morgan fingerprint density at radius 3 is 2.76 bits per heavy atom. The number of amides is 1. The molecule has 1 aromatic carbocycles. The Balaban J connectivity index is 1.66. The summed E-state index contributed by atoms with van der Waals surface area (Å²) in [6, 6.07) is 8.81. The van der Waals surface area contributed by atoms with Gasteiger partial charge in [0.25, 0.3) is 0 Å². The molecule has 3 nitrogen and oxygen atoms in total. The molecule has 1 saturated carbocycles. The van der Waals surface area contributed by atoms with Crippen molar-refractivity contribution in [3.05, 3.63) is 35.4 Å². The van der Waals surface area contributed by atoms with Crippen LogP contribution >= 0.6 is 0 Å². The third kappa shape index (κ3) is 3.13. The van der Waals surface area contributed by atoms with Crippen LogP contribution in [0, 0.1) is 5.92 Å². The maximum atomic E-state index is 12.8. The summed E-state index contributed by atoms with van der Waals surface area (Å²) in [5.41, 5.74) is 2.65. The predicted octanol–water partition coefficient (Wildman–Crippen LogP) is 2.74. The molecule has 3 unspecified atom stereocenters. The minimum Gasteiger partial charge on any atom is -0.341 e. The lowest BCUT2D eigenvalue weighted by molar-refractivity contribution is -0.135. The molecule has 1 aliphatic heterocycles. The van der Waals surface area contributed by atoms with E-state index in [1.165, 1.54) is 24.0 Å². The van der Waals surface area contributed by atoms with Crippen LogP contribution in [0.4, 0.5) is 0 Å². The topological polar surface area (TPSA) is 32.3 Å². The average molecular weight is 286 g/mol. The molecule has 0 aromatic heterocycles. The monoisotopic (exact) mass is 286 g/mol. The van der Waals surface area contributed by atoms with Crippen molar-refractivity contribution in [1.82, 2.24) is 10.2 Å². The summed E-state index contributed by atoms with van der Waals surface area (Å²) in [5, 5.41) is 3.42. The molecule has 1 fully saturated rings. The molecule has 0 bridgehead atoms. The quantitative estimate of drug-likeness (QED) is 0.906. The zero-order valence-corrected chi connectivity index (χ0v) is 13.1. The summed E-state index contributed by atoms with van der Waals surface area (Å²) in [5.74, 6) is 1.02. The molecular formula is C18H26N2O. The Labute approximate surface area is 127 Å². The fraction of sp³-hybridized carbons (Fsp3) is 0.611. The first-order valence-corrected chi connectivity index (χ1v) is 8.22. The molecule has 1 aliphatic carbocycles. The fourth-order valence-electron chi connectivity index (χ4n) is 3.81. The van der Waals surface area contributed by atoms with Crippen LogP contribution in [0.25, 0.3) is 0 Å². The molecule has 0 saturated heterocycles. The van der Waals surface area contributed by atoms with Gasteiger partial charge in [-0.1, -0.05) is 44.0 Å². The highest BCUT2D eigenvalue weighted by molar-refractivity contribution is 5.82. The Morgan fingerprint density at radius 2 is 2.00 bits per heavy atom. The SMILES string of the molecule is CC1CCCC(N(C)C(=O)C2Cc3ccccc3CN2)C1. The number of fused-ring (bicyclic) bond motifs is 1. The molecule has 3 atom stereocenters. The van der Waals surface area contributed by atoms with E-state index in [1.807, 2.05) is 11.9 Å². The molecule has 114 valence electrons. The van der Waals surface area contributed by atoms with Crippen molar-refractivity contribution in [2.24, 2.45) is 5.92 Å². The zero-order chi connectivity index (χ0) is 14.8. The highest BCUT2D eigenvalue weighted by Crippen LogP contribution is 2.27. The van der Waals surface area contributed by atoms with Crippen LogP contribution in [-0.2, 0) is 17.8 Å². The average Bonchev–Trinajstić information content (AvgIpc) is 2.53. The van der Waals surface area contributed by atoms with Crippen LogP contribution in [-0.4, -0.2) is 29.9 Å². The van der Waals surface area contributed by atoms with Crippen molar-refractivity contribution < 1.29 is 4.79 Å². The predicted molar refractivity (Wildman–Crippen MR) is 85.0 cm³/mol. The van der Waals surface area contributed by atoms with E-state index in [4.69, 9.17) is 0 Å². The van der Waals surface area contributed by atoms with Gasteiger partial charge in [0.05, 0.1) is 6.04 Å². The standard InChI is InChI=1S/C18H26N2O/c1-13-6-5-9-16(10-13)20(2)18(21)17-11-14-7-3-4-8-15(14)12-19-17/h3-4,7-8,13,16-17,19H,5-6,9-12H2,1-2H3. The molecule has 0 spiro atoms. The van der Waals surface area contributed by atoms with E-state index in [9.17, 15) is 4.79 Å². The van der Waals surface area contributed by atoms with Crippen molar-refractivity contribution in [3.63, 3.8) is 0 Å². The summed E-state index contributed by atoms with van der Waals surface area (Å²) in [7, 11) is 1.99. The van der Waals surface area contributed by atoms with Gasteiger partial charge in [-0.05, 0) is 36.3 Å². The van der Waals surface area contributed by atoms with Gasteiger partial charge in [-0.3, -0.25) is 4.79 Å². The van der Waals surface area contributed by atoms with Gasteiger partial charge in [-0.2, -0.15) is 0 Å². The maximum absolute atomic E-state index is 12.8. The first-order valence-electron chi connectivity index (χ1n) is 8.22. The molecule has 2 aliphatic rings. The van der Waals surface area contributed by atoms with E-state index in [2.05, 4.69) is 36.5 Å². The number of carbonyl (C=O) groups excluding carboxylic acids is 1. The Kier molecular flexibility index (Phi) is 4.29. The number of rotatable bonds is 2. The minimum atomic E-state index is -0.0536. The van der Waals surface area contributed by atoms with Gasteiger partial charge in [0.15, 0.2) is 0 Å². The Hall–Kier alpha value is -1.35. The van der Waals surface area contributed by atoms with Gasteiger partial charge in [0, 0.05) is 19.6 Å². The third-order valence-corrected chi connectivity index (χ3v) is 5.18. The first-order chi connectivity index (χ1) is 10.1. The second-order valence-corrected chi connectivity index (χ2v) is 6.78. The van der Waals surface area contributed by atoms with Crippen molar-refractivity contribution in [2.75, 3.05) is 7.05 Å². The van der Waals surface area contributed by atoms with Gasteiger partial charge in [-0.15, -0.1) is 0 Å². The van der Waals surface area contributed by atoms with Crippen LogP contribution in [0.1, 0.15) is 43.7 Å². The van der Waals surface area contributed by atoms with E-state index >= 15 is 0 Å². The second kappa shape index (κ2) is 6.18. The van der Waals surface area contributed by atoms with Crippen molar-refractivity contribution in [2.45, 2.75) is 57.7 Å². The molecule has 21 heavy (non-hydrogen) atoms. The van der Waals surface area contributed by atoms with E-state index in [1.54, 1.807) is 0 Å². The van der Waals surface area contributed by atoms with Gasteiger partial charge >= 0.3 is 0 Å². The van der Waals surface area contributed by atoms with Crippen LogP contribution in [0.2, 0.25) is 0 Å². The Morgan fingerprint density at radius 1 is 1.24 bits per heavy atom. The number of likely N-dealkylation sites (N-methyl/N-ethyl adjacent to an activating group) is 1. The largest absolute Gasteiger partial charge is 0.341 e. The van der Waals surface area contributed by atoms with Gasteiger partial charge in [0.1, 0.15) is 0 Å². The molecule has 1 amide bonds. The number of benzene rings is 1. The summed E-state index contributed by atoms with van der Waals surface area (Å²) < 4.78 is 0. The molecular weight excluding hydrogens is 260 g/mol. The number of nitrogens with zero attached hydrogens (tertiary/aromatic N) is 1. The lowest BCUT2D eigenvalue weighted by Crippen LogP contribution is -2.51. The number of nitrogens with one attached hydrogen (secondary N) is 1. The van der Waals surface area contributed by atoms with E-state index in [0.29, 0.717) is 6.04 Å². The Bertz CT molecular complexity index is 514. The summed E-state index contributed by atoms with van der Waals surface area (Å²) in [4.78, 5) is 14.8. The number of carbonyl (C=O) groups is 1. The van der Waals surface area contributed by atoms with Crippen LogP contribution < -0.4 is 5.32 Å². The van der Waals surface area contributed by atoms with Gasteiger partial charge in [-0.25, -0.2) is 0 Å². The normalized spacial score (nSPS) is 28.8. The highest BCUT2D eigenvalue weighted by Gasteiger charge is 2.31. The van der Waals surface area contributed by atoms with Crippen molar-refractivity contribution >= 4 is 5.91 Å². The molecule has 0 radical (unpaired) electrons. The van der Waals surface area contributed by atoms with E-state index in [-0.39, 0.29) is 11.9 Å². The third-order valence-electron chi connectivity index (χ3n) is 5.18. The van der Waals surface area contributed by atoms with E-state index < -0.39 is 0 Å². The molecule has 3 rings (SSSR count). The van der Waals surface area contributed by atoms with Gasteiger partial charge < -0.3 is 10.2 Å². The molecule has 3 heteroatoms. The second-order valence-electron chi connectivity index (χ2n) is 6.78.